The van der Waals surface area contributed by atoms with Gasteiger partial charge in [-0.05, 0) is 80.6 Å². The summed E-state index contributed by atoms with van der Waals surface area (Å²) < 4.78 is 79.0. The molecule has 0 radical (unpaired) electrons. The van der Waals surface area contributed by atoms with Gasteiger partial charge in [0.05, 0.1) is 24.1 Å². The molecule has 13 heteroatoms. The number of pyridine rings is 1. The fourth-order valence-corrected chi connectivity index (χ4v) is 5.75. The van der Waals surface area contributed by atoms with E-state index in [-0.39, 0.29) is 24.1 Å². The first-order valence-corrected chi connectivity index (χ1v) is 14.8. The predicted octanol–water partition coefficient (Wildman–Crippen LogP) is 4.65. The van der Waals surface area contributed by atoms with E-state index >= 15 is 0 Å². The molecule has 8 nitrogen and oxygen atoms in total. The molecule has 0 spiro atoms. The van der Waals surface area contributed by atoms with E-state index in [1.807, 2.05) is 4.72 Å². The van der Waals surface area contributed by atoms with Crippen molar-refractivity contribution in [1.29, 1.82) is 0 Å². The number of likely N-dealkylation sites (tertiary alicyclic amines) is 1. The molecule has 2 fully saturated rings. The van der Waals surface area contributed by atoms with Gasteiger partial charge in [0.25, 0.3) is 5.91 Å². The highest BCUT2D eigenvalue weighted by Gasteiger charge is 2.33. The van der Waals surface area contributed by atoms with Gasteiger partial charge in [-0.15, -0.1) is 0 Å². The molecule has 1 amide bonds. The molecule has 3 heterocycles. The van der Waals surface area contributed by atoms with Crippen LogP contribution in [0.4, 0.5) is 17.6 Å². The largest absolute Gasteiger partial charge is 0.390 e. The maximum atomic E-state index is 13.7. The van der Waals surface area contributed by atoms with Crippen molar-refractivity contribution in [3.8, 4) is 5.69 Å². The van der Waals surface area contributed by atoms with Gasteiger partial charge in [-0.3, -0.25) is 4.79 Å². The predicted molar refractivity (Wildman–Crippen MR) is 137 cm³/mol. The molecule has 1 aliphatic carbocycles. The third-order valence-corrected chi connectivity index (χ3v) is 8.06. The lowest BCUT2D eigenvalue weighted by atomic mass is 9.79. The molecule has 5 rings (SSSR count). The topological polar surface area (TPSA) is 97.2 Å². The first-order valence-electron chi connectivity index (χ1n) is 12.9. The number of amides is 1. The van der Waals surface area contributed by atoms with Crippen LogP contribution in [0.5, 0.6) is 0 Å². The van der Waals surface area contributed by atoms with Crippen LogP contribution >= 0.6 is 0 Å². The van der Waals surface area contributed by atoms with Gasteiger partial charge in [0.15, 0.2) is 5.65 Å². The van der Waals surface area contributed by atoms with Crippen molar-refractivity contribution in [2.45, 2.75) is 56.5 Å². The minimum absolute atomic E-state index is 0.0696. The van der Waals surface area contributed by atoms with Crippen LogP contribution in [0.25, 0.3) is 16.7 Å². The molecule has 2 aromatic heterocycles. The highest BCUT2D eigenvalue weighted by atomic mass is 32.2. The standard InChI is InChI=1S/C26H29F4N5O3S/c1-39(37,38)33-25(36)21-15-20(16-9-12-34(13-10-16)14-11-26(28,29)30)22-23(17-3-2-4-17)32-35(24(22)31-21)19-7-5-18(27)6-8-19/h5-8,15-17H,2-4,9-14H2,1H3,(H,33,36). The maximum Gasteiger partial charge on any atom is 0.390 e. The average Bonchev–Trinajstić information content (AvgIpc) is 3.19. The Bertz CT molecular complexity index is 1480. The number of alkyl halides is 3. The number of carbonyl (C=O) groups excluding carboxylic acids is 1. The summed E-state index contributed by atoms with van der Waals surface area (Å²) in [5.41, 5.74) is 2.39. The summed E-state index contributed by atoms with van der Waals surface area (Å²) in [5, 5.41) is 5.63. The van der Waals surface area contributed by atoms with Gasteiger partial charge in [-0.2, -0.15) is 18.3 Å². The van der Waals surface area contributed by atoms with E-state index < -0.39 is 34.3 Å². The SMILES string of the molecule is CS(=O)(=O)NC(=O)c1cc(C2CCN(CCC(F)(F)F)CC2)c2c(C3CCC3)nn(-c3ccc(F)cc3)c2n1. The van der Waals surface area contributed by atoms with Gasteiger partial charge < -0.3 is 4.90 Å². The second kappa shape index (κ2) is 10.5. The lowest BCUT2D eigenvalue weighted by molar-refractivity contribution is -0.138. The normalized spacial score (nSPS) is 17.9. The lowest BCUT2D eigenvalue weighted by Crippen LogP contribution is -2.35. The zero-order valence-corrected chi connectivity index (χ0v) is 22.2. The highest BCUT2D eigenvalue weighted by molar-refractivity contribution is 7.89. The molecule has 2 aliphatic rings. The van der Waals surface area contributed by atoms with Crippen LogP contribution in [0.1, 0.15) is 72.1 Å². The van der Waals surface area contributed by atoms with Crippen LogP contribution in [0.15, 0.2) is 30.3 Å². The van der Waals surface area contributed by atoms with Crippen LogP contribution in [-0.4, -0.2) is 66.1 Å². The van der Waals surface area contributed by atoms with Gasteiger partial charge in [-0.1, -0.05) is 6.42 Å². The van der Waals surface area contributed by atoms with E-state index in [0.717, 1.165) is 42.2 Å². The molecule has 1 aliphatic heterocycles. The van der Waals surface area contributed by atoms with E-state index in [1.165, 1.54) is 12.1 Å². The fourth-order valence-electron chi connectivity index (χ4n) is 5.31. The summed E-state index contributed by atoms with van der Waals surface area (Å²) in [7, 11) is -3.86. The number of halogens is 4. The quantitative estimate of drug-likeness (QED) is 0.418. The number of benzene rings is 1. The van der Waals surface area contributed by atoms with E-state index in [1.54, 1.807) is 27.8 Å². The minimum atomic E-state index is -4.22. The molecular formula is C26H29F4N5O3S. The monoisotopic (exact) mass is 567 g/mol. The molecule has 0 atom stereocenters. The van der Waals surface area contributed by atoms with E-state index in [2.05, 4.69) is 4.98 Å². The number of piperidine rings is 1. The van der Waals surface area contributed by atoms with Crippen molar-refractivity contribution in [2.24, 2.45) is 0 Å². The Balaban J connectivity index is 1.60. The van der Waals surface area contributed by atoms with Crippen molar-refractivity contribution in [3.63, 3.8) is 0 Å². The van der Waals surface area contributed by atoms with Gasteiger partial charge in [0.2, 0.25) is 10.0 Å². The Morgan fingerprint density at radius 3 is 2.31 bits per heavy atom. The minimum Gasteiger partial charge on any atom is -0.303 e. The smallest absolute Gasteiger partial charge is 0.303 e. The molecule has 1 aromatic carbocycles. The number of hydrogen-bond donors (Lipinski definition) is 1. The van der Waals surface area contributed by atoms with E-state index in [4.69, 9.17) is 5.10 Å². The van der Waals surface area contributed by atoms with Crippen molar-refractivity contribution in [3.05, 3.63) is 53.1 Å². The molecule has 1 N–H and O–H groups in total. The lowest BCUT2D eigenvalue weighted by Gasteiger charge is -2.33. The molecule has 210 valence electrons. The summed E-state index contributed by atoms with van der Waals surface area (Å²) in [5.74, 6) is -1.22. The Kier molecular flexibility index (Phi) is 7.40. The number of nitrogens with zero attached hydrogens (tertiary/aromatic N) is 4. The summed E-state index contributed by atoms with van der Waals surface area (Å²) in [4.78, 5) is 19.3. The fraction of sp³-hybridized carbons (Fsp3) is 0.500. The highest BCUT2D eigenvalue weighted by Crippen LogP contribution is 2.43. The Labute approximate surface area is 223 Å². The first-order chi connectivity index (χ1) is 18.4. The van der Waals surface area contributed by atoms with Crippen molar-refractivity contribution < 1.29 is 30.8 Å². The van der Waals surface area contributed by atoms with Gasteiger partial charge in [0.1, 0.15) is 11.5 Å². The molecule has 0 unspecified atom stereocenters. The van der Waals surface area contributed by atoms with Gasteiger partial charge in [-0.25, -0.2) is 27.2 Å². The Hall–Kier alpha value is -3.06. The Morgan fingerprint density at radius 1 is 1.08 bits per heavy atom. The Morgan fingerprint density at radius 2 is 1.74 bits per heavy atom. The number of nitrogens with one attached hydrogen (secondary N) is 1. The molecule has 39 heavy (non-hydrogen) atoms. The molecule has 3 aromatic rings. The number of sulfonamides is 1. The van der Waals surface area contributed by atoms with E-state index in [0.29, 0.717) is 37.3 Å². The third-order valence-electron chi connectivity index (χ3n) is 7.51. The average molecular weight is 568 g/mol. The molecule has 1 saturated carbocycles. The van der Waals surface area contributed by atoms with Gasteiger partial charge >= 0.3 is 6.18 Å². The van der Waals surface area contributed by atoms with Crippen LogP contribution in [-0.2, 0) is 10.0 Å². The number of carbonyl (C=O) groups is 1. The molecule has 0 bridgehead atoms. The van der Waals surface area contributed by atoms with Crippen molar-refractivity contribution in [1.82, 2.24) is 24.4 Å². The summed E-state index contributed by atoms with van der Waals surface area (Å²) >= 11 is 0. The van der Waals surface area contributed by atoms with Crippen molar-refractivity contribution in [2.75, 3.05) is 25.9 Å². The zero-order valence-electron chi connectivity index (χ0n) is 21.3. The summed E-state index contributed by atoms with van der Waals surface area (Å²) in [6.45, 7) is 0.848. The second-order valence-corrected chi connectivity index (χ2v) is 12.1. The maximum absolute atomic E-state index is 13.7. The van der Waals surface area contributed by atoms with Crippen LogP contribution in [0.3, 0.4) is 0 Å². The second-order valence-electron chi connectivity index (χ2n) is 10.4. The molecule has 1 saturated heterocycles. The summed E-state index contributed by atoms with van der Waals surface area (Å²) in [6.07, 6.45) is -0.177. The van der Waals surface area contributed by atoms with E-state index in [9.17, 15) is 30.8 Å². The van der Waals surface area contributed by atoms with Crippen LogP contribution < -0.4 is 4.72 Å². The van der Waals surface area contributed by atoms with Crippen LogP contribution in [0.2, 0.25) is 0 Å². The molecular weight excluding hydrogens is 538 g/mol. The third kappa shape index (κ3) is 6.24. The van der Waals surface area contributed by atoms with Gasteiger partial charge in [0, 0.05) is 17.8 Å². The number of aromatic nitrogens is 3. The number of hydrogen-bond acceptors (Lipinski definition) is 6. The summed E-state index contributed by atoms with van der Waals surface area (Å²) in [6, 6.07) is 7.29. The van der Waals surface area contributed by atoms with Crippen molar-refractivity contribution >= 4 is 27.0 Å². The first kappa shape index (κ1) is 27.5. The zero-order chi connectivity index (χ0) is 27.9. The van der Waals surface area contributed by atoms with Crippen LogP contribution in [0, 0.1) is 5.82 Å². The number of rotatable bonds is 7. The number of fused-ring (bicyclic) bond motifs is 1.